The van der Waals surface area contributed by atoms with Gasteiger partial charge in [0.05, 0.1) is 17.8 Å². The van der Waals surface area contributed by atoms with E-state index in [1.807, 2.05) is 30.3 Å². The molecule has 0 saturated heterocycles. The lowest BCUT2D eigenvalue weighted by atomic mass is 9.83. The molecule has 1 aliphatic heterocycles. The highest BCUT2D eigenvalue weighted by Gasteiger charge is 2.45. The van der Waals surface area contributed by atoms with Gasteiger partial charge in [-0.15, -0.1) is 11.3 Å². The van der Waals surface area contributed by atoms with Gasteiger partial charge in [-0.3, -0.25) is 4.79 Å². The number of fused-ring (bicyclic) bond motifs is 3. The van der Waals surface area contributed by atoms with Crippen molar-refractivity contribution in [3.05, 3.63) is 76.2 Å². The van der Waals surface area contributed by atoms with Crippen LogP contribution in [0.5, 0.6) is 5.75 Å². The zero-order chi connectivity index (χ0) is 17.6. The van der Waals surface area contributed by atoms with E-state index in [4.69, 9.17) is 4.74 Å². The second kappa shape index (κ2) is 5.74. The number of allylic oxidation sites excluding steroid dienone is 1. The summed E-state index contributed by atoms with van der Waals surface area (Å²) in [6.45, 7) is 0. The molecular weight excluding hydrogens is 349 g/mol. The van der Waals surface area contributed by atoms with Crippen LogP contribution in [0, 0.1) is 0 Å². The van der Waals surface area contributed by atoms with Gasteiger partial charge in [0.25, 0.3) is 5.78 Å². The Morgan fingerprint density at radius 1 is 1.04 bits per heavy atom. The van der Waals surface area contributed by atoms with Crippen molar-refractivity contribution in [1.82, 2.24) is 0 Å². The van der Waals surface area contributed by atoms with Crippen LogP contribution in [0.15, 0.2) is 65.7 Å². The average Bonchev–Trinajstić information content (AvgIpc) is 3.13. The Kier molecular flexibility index (Phi) is 3.65. The van der Waals surface area contributed by atoms with Crippen molar-refractivity contribution in [2.45, 2.75) is 12.1 Å². The van der Waals surface area contributed by atoms with E-state index in [9.17, 15) is 18.0 Å². The van der Waals surface area contributed by atoms with Crippen molar-refractivity contribution in [1.29, 1.82) is 0 Å². The minimum Gasteiger partial charge on any atom is -0.464 e. The maximum Gasteiger partial charge on any atom is 0.454 e. The first-order chi connectivity index (χ1) is 12.0. The van der Waals surface area contributed by atoms with Gasteiger partial charge in [-0.2, -0.15) is 13.2 Å². The zero-order valence-corrected chi connectivity index (χ0v) is 13.5. The Hall–Kier alpha value is -2.60. The standard InChI is InChI=1S/C19H11F3O2S/c20-19(21,22)18(23)13-10-24-14-8-7-11-4-1-2-5-12(11)16(14)17(13)15-6-3-9-25-15/h1-10,17H. The van der Waals surface area contributed by atoms with Gasteiger partial charge in [0.1, 0.15) is 5.75 Å². The molecule has 1 unspecified atom stereocenters. The number of ketones is 1. The van der Waals surface area contributed by atoms with Crippen LogP contribution in [0.4, 0.5) is 13.2 Å². The molecular formula is C19H11F3O2S. The number of alkyl halides is 3. The van der Waals surface area contributed by atoms with Crippen LogP contribution in [0.2, 0.25) is 0 Å². The fourth-order valence-electron chi connectivity index (χ4n) is 3.13. The van der Waals surface area contributed by atoms with E-state index in [0.29, 0.717) is 16.2 Å². The van der Waals surface area contributed by atoms with E-state index in [1.54, 1.807) is 23.6 Å². The Morgan fingerprint density at radius 3 is 2.56 bits per heavy atom. The van der Waals surface area contributed by atoms with Crippen LogP contribution in [-0.4, -0.2) is 12.0 Å². The third kappa shape index (κ3) is 2.62. The second-order valence-corrected chi connectivity index (χ2v) is 6.64. The summed E-state index contributed by atoms with van der Waals surface area (Å²) in [5.41, 5.74) is 0.203. The van der Waals surface area contributed by atoms with Gasteiger partial charge >= 0.3 is 6.18 Å². The smallest absolute Gasteiger partial charge is 0.454 e. The first kappa shape index (κ1) is 15.9. The number of hydrogen-bond donors (Lipinski definition) is 0. The predicted molar refractivity (Wildman–Crippen MR) is 89.9 cm³/mol. The summed E-state index contributed by atoms with van der Waals surface area (Å²) in [5.74, 6) is -2.20. The van der Waals surface area contributed by atoms with E-state index < -0.39 is 17.9 Å². The largest absolute Gasteiger partial charge is 0.464 e. The first-order valence-electron chi connectivity index (χ1n) is 7.50. The van der Waals surface area contributed by atoms with E-state index in [1.165, 1.54) is 11.3 Å². The number of hydrogen-bond acceptors (Lipinski definition) is 3. The molecule has 0 saturated carbocycles. The maximum absolute atomic E-state index is 13.1. The highest BCUT2D eigenvalue weighted by atomic mass is 32.1. The zero-order valence-electron chi connectivity index (χ0n) is 12.7. The minimum atomic E-state index is -4.95. The molecule has 0 amide bonds. The van der Waals surface area contributed by atoms with E-state index >= 15 is 0 Å². The quantitative estimate of drug-likeness (QED) is 0.608. The second-order valence-electron chi connectivity index (χ2n) is 5.66. The molecule has 2 nitrogen and oxygen atoms in total. The first-order valence-corrected chi connectivity index (χ1v) is 8.38. The third-order valence-corrected chi connectivity index (χ3v) is 5.13. The van der Waals surface area contributed by atoms with Crippen molar-refractivity contribution in [2.75, 3.05) is 0 Å². The van der Waals surface area contributed by atoms with Crippen LogP contribution in [0.3, 0.4) is 0 Å². The fourth-order valence-corrected chi connectivity index (χ4v) is 3.98. The maximum atomic E-state index is 13.1. The molecule has 6 heteroatoms. The molecule has 1 atom stereocenters. The van der Waals surface area contributed by atoms with E-state index in [2.05, 4.69) is 0 Å². The Labute approximate surface area is 145 Å². The normalized spacial score (nSPS) is 16.9. The minimum absolute atomic E-state index is 0.390. The van der Waals surface area contributed by atoms with E-state index in [0.717, 1.165) is 17.0 Å². The molecule has 2 heterocycles. The van der Waals surface area contributed by atoms with Gasteiger partial charge in [-0.1, -0.05) is 36.4 Å². The van der Waals surface area contributed by atoms with Crippen LogP contribution >= 0.6 is 11.3 Å². The van der Waals surface area contributed by atoms with Crippen LogP contribution in [0.1, 0.15) is 16.4 Å². The summed E-state index contributed by atoms with van der Waals surface area (Å²) >= 11 is 1.32. The molecule has 0 radical (unpaired) electrons. The molecule has 0 fully saturated rings. The fraction of sp³-hybridized carbons (Fsp3) is 0.105. The summed E-state index contributed by atoms with van der Waals surface area (Å²) < 4.78 is 44.7. The molecule has 0 N–H and O–H groups in total. The van der Waals surface area contributed by atoms with Crippen LogP contribution < -0.4 is 4.74 Å². The third-order valence-electron chi connectivity index (χ3n) is 4.19. The summed E-state index contributed by atoms with van der Waals surface area (Å²) in [5, 5.41) is 3.44. The lowest BCUT2D eigenvalue weighted by Crippen LogP contribution is -2.29. The summed E-state index contributed by atoms with van der Waals surface area (Å²) in [7, 11) is 0. The lowest BCUT2D eigenvalue weighted by Gasteiger charge is -2.27. The van der Waals surface area contributed by atoms with Crippen molar-refractivity contribution in [3.8, 4) is 5.75 Å². The molecule has 4 rings (SSSR count). The number of ether oxygens (including phenoxy) is 1. The number of benzene rings is 2. The summed E-state index contributed by atoms with van der Waals surface area (Å²) in [4.78, 5) is 12.7. The van der Waals surface area contributed by atoms with Gasteiger partial charge < -0.3 is 4.74 Å². The monoisotopic (exact) mass is 360 g/mol. The SMILES string of the molecule is O=C(C1=COc2ccc3ccccc3c2C1c1cccs1)C(F)(F)F. The molecule has 2 aromatic carbocycles. The van der Waals surface area contributed by atoms with Crippen molar-refractivity contribution >= 4 is 27.9 Å². The van der Waals surface area contributed by atoms with Crippen molar-refractivity contribution < 1.29 is 22.7 Å². The number of halogens is 3. The molecule has 25 heavy (non-hydrogen) atoms. The number of rotatable bonds is 2. The van der Waals surface area contributed by atoms with Gasteiger partial charge in [0.15, 0.2) is 0 Å². The summed E-state index contributed by atoms with van der Waals surface area (Å²) in [6, 6.07) is 14.5. The van der Waals surface area contributed by atoms with Crippen molar-refractivity contribution in [2.24, 2.45) is 0 Å². The Bertz CT molecular complexity index is 988. The van der Waals surface area contributed by atoms with Crippen molar-refractivity contribution in [3.63, 3.8) is 0 Å². The number of thiophene rings is 1. The summed E-state index contributed by atoms with van der Waals surface area (Å²) in [6.07, 6.45) is -4.01. The number of Topliss-reactive ketones (excluding diaryl/α,β-unsaturated/α-hetero) is 1. The van der Waals surface area contributed by atoms with E-state index in [-0.39, 0.29) is 5.57 Å². The molecule has 126 valence electrons. The highest BCUT2D eigenvalue weighted by molar-refractivity contribution is 7.10. The molecule has 0 bridgehead atoms. The van der Waals surface area contributed by atoms with Gasteiger partial charge in [0, 0.05) is 10.4 Å². The Morgan fingerprint density at radius 2 is 1.84 bits per heavy atom. The Balaban J connectivity index is 1.99. The molecule has 1 aromatic heterocycles. The molecule has 0 aliphatic carbocycles. The number of carbonyl (C=O) groups excluding carboxylic acids is 1. The molecule has 0 spiro atoms. The van der Waals surface area contributed by atoms with Crippen LogP contribution in [0.25, 0.3) is 10.8 Å². The number of carbonyl (C=O) groups is 1. The van der Waals surface area contributed by atoms with Gasteiger partial charge in [-0.25, -0.2) is 0 Å². The topological polar surface area (TPSA) is 26.3 Å². The van der Waals surface area contributed by atoms with Crippen LogP contribution in [-0.2, 0) is 4.79 Å². The van der Waals surface area contributed by atoms with Gasteiger partial charge in [-0.05, 0) is 28.3 Å². The lowest BCUT2D eigenvalue weighted by molar-refractivity contribution is -0.166. The van der Waals surface area contributed by atoms with Gasteiger partial charge in [0.2, 0.25) is 0 Å². The molecule has 3 aromatic rings. The highest BCUT2D eigenvalue weighted by Crippen LogP contribution is 2.47. The molecule has 1 aliphatic rings. The predicted octanol–water partition coefficient (Wildman–Crippen LogP) is 5.44. The average molecular weight is 360 g/mol.